The van der Waals surface area contributed by atoms with Crippen LogP contribution in [0.25, 0.3) is 0 Å². The molecule has 32 heavy (non-hydrogen) atoms. The number of rotatable bonds is 6. The molecule has 9 nitrogen and oxygen atoms in total. The number of hydrogen-bond donors (Lipinski definition) is 0. The fourth-order valence-electron chi connectivity index (χ4n) is 3.29. The second-order valence-corrected chi connectivity index (χ2v) is 8.47. The number of amides is 1. The van der Waals surface area contributed by atoms with E-state index in [9.17, 15) is 19.7 Å². The highest BCUT2D eigenvalue weighted by Gasteiger charge is 2.43. The van der Waals surface area contributed by atoms with Crippen molar-refractivity contribution < 1.29 is 28.7 Å². The lowest BCUT2D eigenvalue weighted by Gasteiger charge is -2.27. The summed E-state index contributed by atoms with van der Waals surface area (Å²) in [6.45, 7) is 5.45. The number of ether oxygens (including phenoxy) is 3. The van der Waals surface area contributed by atoms with Gasteiger partial charge in [-0.15, -0.1) is 0 Å². The van der Waals surface area contributed by atoms with Gasteiger partial charge in [0.05, 0.1) is 11.5 Å². The van der Waals surface area contributed by atoms with Crippen LogP contribution in [-0.4, -0.2) is 46.2 Å². The van der Waals surface area contributed by atoms with Crippen molar-refractivity contribution >= 4 is 17.7 Å². The number of nitro groups is 1. The molecule has 0 saturated carbocycles. The summed E-state index contributed by atoms with van der Waals surface area (Å²) >= 11 is 0. The highest BCUT2D eigenvalue weighted by atomic mass is 16.6. The van der Waals surface area contributed by atoms with E-state index in [1.165, 1.54) is 29.2 Å². The molecule has 3 rings (SSSR count). The Hall–Kier alpha value is -3.62. The minimum atomic E-state index is -0.864. The summed E-state index contributed by atoms with van der Waals surface area (Å²) in [6, 6.07) is 14.0. The van der Waals surface area contributed by atoms with Crippen LogP contribution >= 0.6 is 0 Å². The van der Waals surface area contributed by atoms with E-state index in [1.54, 1.807) is 20.8 Å². The first-order valence-electron chi connectivity index (χ1n) is 10.2. The Kier molecular flexibility index (Phi) is 6.97. The van der Waals surface area contributed by atoms with Crippen molar-refractivity contribution in [1.29, 1.82) is 0 Å². The number of benzene rings is 2. The van der Waals surface area contributed by atoms with Gasteiger partial charge in [-0.25, -0.2) is 9.59 Å². The Morgan fingerprint density at radius 1 is 1.09 bits per heavy atom. The summed E-state index contributed by atoms with van der Waals surface area (Å²) in [6.07, 6.45) is -0.920. The fourth-order valence-corrected chi connectivity index (χ4v) is 3.29. The molecule has 0 bridgehead atoms. The van der Waals surface area contributed by atoms with Gasteiger partial charge in [0.2, 0.25) is 0 Å². The Labute approximate surface area is 186 Å². The lowest BCUT2D eigenvalue weighted by atomic mass is 10.2. The smallest absolute Gasteiger partial charge is 0.411 e. The number of carbonyl (C=O) groups excluding carboxylic acids is 2. The summed E-state index contributed by atoms with van der Waals surface area (Å²) in [5.74, 6) is -0.141. The van der Waals surface area contributed by atoms with E-state index < -0.39 is 34.7 Å². The number of non-ortho nitro benzene ring substituents is 1. The molecule has 1 amide bonds. The third-order valence-electron chi connectivity index (χ3n) is 4.74. The number of esters is 1. The third kappa shape index (κ3) is 6.19. The number of likely N-dealkylation sites (tertiary alicyclic amines) is 1. The van der Waals surface area contributed by atoms with Crippen molar-refractivity contribution in [2.75, 3.05) is 6.54 Å². The second-order valence-electron chi connectivity index (χ2n) is 8.47. The largest absolute Gasteiger partial charge is 0.488 e. The van der Waals surface area contributed by atoms with Gasteiger partial charge in [0.1, 0.15) is 30.1 Å². The molecule has 0 aromatic heterocycles. The first-order chi connectivity index (χ1) is 15.1. The van der Waals surface area contributed by atoms with Gasteiger partial charge in [0.25, 0.3) is 5.69 Å². The van der Waals surface area contributed by atoms with Crippen LogP contribution < -0.4 is 4.74 Å². The van der Waals surface area contributed by atoms with Crippen LogP contribution in [0, 0.1) is 10.1 Å². The number of hydrogen-bond acceptors (Lipinski definition) is 7. The zero-order chi connectivity index (χ0) is 23.3. The monoisotopic (exact) mass is 442 g/mol. The van der Waals surface area contributed by atoms with E-state index in [4.69, 9.17) is 14.2 Å². The first-order valence-corrected chi connectivity index (χ1v) is 10.2. The molecular weight excluding hydrogens is 416 g/mol. The van der Waals surface area contributed by atoms with E-state index in [0.717, 1.165) is 5.56 Å². The maximum atomic E-state index is 12.8. The van der Waals surface area contributed by atoms with Gasteiger partial charge in [-0.2, -0.15) is 0 Å². The predicted octanol–water partition coefficient (Wildman–Crippen LogP) is 4.10. The molecule has 1 saturated heterocycles. The molecule has 0 aliphatic carbocycles. The molecular formula is C23H26N2O7. The molecule has 0 unspecified atom stereocenters. The predicted molar refractivity (Wildman–Crippen MR) is 115 cm³/mol. The standard InChI is InChI=1S/C23H26N2O7/c1-23(2,3)32-22(27)24-14-19(31-18-11-9-17(10-12-18)25(28)29)13-20(24)21(26)30-15-16-7-5-4-6-8-16/h4-12,19-20H,13-15H2,1-3H3/t19-,20+/m0/s1. The van der Waals surface area contributed by atoms with Crippen LogP contribution in [0.5, 0.6) is 5.75 Å². The zero-order valence-corrected chi connectivity index (χ0v) is 18.2. The van der Waals surface area contributed by atoms with Crippen molar-refractivity contribution in [2.45, 2.75) is 51.5 Å². The van der Waals surface area contributed by atoms with Gasteiger partial charge in [0, 0.05) is 18.6 Å². The van der Waals surface area contributed by atoms with E-state index in [-0.39, 0.29) is 25.3 Å². The molecule has 170 valence electrons. The summed E-state index contributed by atoms with van der Waals surface area (Å²) < 4.78 is 16.8. The Bertz CT molecular complexity index is 955. The average molecular weight is 442 g/mol. The minimum absolute atomic E-state index is 0.0541. The summed E-state index contributed by atoms with van der Waals surface area (Å²) in [5, 5.41) is 10.8. The van der Waals surface area contributed by atoms with Crippen molar-refractivity contribution in [3.63, 3.8) is 0 Å². The second kappa shape index (κ2) is 9.67. The molecule has 2 aromatic rings. The quantitative estimate of drug-likeness (QED) is 0.376. The third-order valence-corrected chi connectivity index (χ3v) is 4.74. The highest BCUT2D eigenvalue weighted by molar-refractivity contribution is 5.82. The minimum Gasteiger partial charge on any atom is -0.488 e. The first kappa shape index (κ1) is 23.1. The molecule has 0 spiro atoms. The van der Waals surface area contributed by atoms with Crippen LogP contribution in [0.4, 0.5) is 10.5 Å². The molecule has 1 fully saturated rings. The number of carbonyl (C=O) groups is 2. The van der Waals surface area contributed by atoms with Crippen LogP contribution in [-0.2, 0) is 20.9 Å². The topological polar surface area (TPSA) is 108 Å². The van der Waals surface area contributed by atoms with Crippen molar-refractivity contribution in [3.8, 4) is 5.75 Å². The zero-order valence-electron chi connectivity index (χ0n) is 18.2. The van der Waals surface area contributed by atoms with E-state index in [0.29, 0.717) is 5.75 Å². The molecule has 1 heterocycles. The molecule has 1 aliphatic rings. The molecule has 2 aromatic carbocycles. The van der Waals surface area contributed by atoms with E-state index >= 15 is 0 Å². The maximum absolute atomic E-state index is 12.8. The lowest BCUT2D eigenvalue weighted by Crippen LogP contribution is -2.44. The van der Waals surface area contributed by atoms with Crippen LogP contribution in [0.3, 0.4) is 0 Å². The Balaban J connectivity index is 1.70. The van der Waals surface area contributed by atoms with Gasteiger partial charge in [-0.05, 0) is 38.5 Å². The van der Waals surface area contributed by atoms with Gasteiger partial charge in [0.15, 0.2) is 0 Å². The van der Waals surface area contributed by atoms with Gasteiger partial charge in [-0.1, -0.05) is 30.3 Å². The van der Waals surface area contributed by atoms with Gasteiger partial charge < -0.3 is 14.2 Å². The van der Waals surface area contributed by atoms with E-state index in [1.807, 2.05) is 30.3 Å². The highest BCUT2D eigenvalue weighted by Crippen LogP contribution is 2.27. The summed E-state index contributed by atoms with van der Waals surface area (Å²) in [5.41, 5.74) is 0.0512. The molecule has 1 aliphatic heterocycles. The maximum Gasteiger partial charge on any atom is 0.411 e. The Morgan fingerprint density at radius 2 is 1.75 bits per heavy atom. The van der Waals surface area contributed by atoms with Crippen molar-refractivity contribution in [3.05, 3.63) is 70.3 Å². The van der Waals surface area contributed by atoms with E-state index in [2.05, 4.69) is 0 Å². The lowest BCUT2D eigenvalue weighted by molar-refractivity contribution is -0.384. The molecule has 0 radical (unpaired) electrons. The average Bonchev–Trinajstić information content (AvgIpc) is 3.16. The Morgan fingerprint density at radius 3 is 2.34 bits per heavy atom. The van der Waals surface area contributed by atoms with Gasteiger partial charge in [-0.3, -0.25) is 15.0 Å². The normalized spacial score (nSPS) is 18.2. The van der Waals surface area contributed by atoms with Crippen molar-refractivity contribution in [1.82, 2.24) is 4.90 Å². The summed E-state index contributed by atoms with van der Waals surface area (Å²) in [4.78, 5) is 37.2. The SMILES string of the molecule is CC(C)(C)OC(=O)N1C[C@@H](Oc2ccc([N+](=O)[O-])cc2)C[C@@H]1C(=O)OCc1ccccc1. The molecule has 0 N–H and O–H groups in total. The fraction of sp³-hybridized carbons (Fsp3) is 0.391. The molecule has 9 heteroatoms. The van der Waals surface area contributed by atoms with Crippen LogP contribution in [0.2, 0.25) is 0 Å². The number of nitrogens with zero attached hydrogens (tertiary/aromatic N) is 2. The van der Waals surface area contributed by atoms with Gasteiger partial charge >= 0.3 is 12.1 Å². The summed E-state index contributed by atoms with van der Waals surface area (Å²) in [7, 11) is 0. The van der Waals surface area contributed by atoms with Crippen LogP contribution in [0.1, 0.15) is 32.8 Å². The van der Waals surface area contributed by atoms with Crippen molar-refractivity contribution in [2.24, 2.45) is 0 Å². The molecule has 2 atom stereocenters. The number of nitro benzene ring substituents is 1. The van der Waals surface area contributed by atoms with Crippen LogP contribution in [0.15, 0.2) is 54.6 Å².